The quantitative estimate of drug-likeness (QED) is 0.882. The topological polar surface area (TPSA) is 29.3 Å². The highest BCUT2D eigenvalue weighted by atomic mass is 19.1. The Balaban J connectivity index is 1.80. The van der Waals surface area contributed by atoms with Crippen LogP contribution in [0.3, 0.4) is 0 Å². The molecule has 1 unspecified atom stereocenters. The average Bonchev–Trinajstić information content (AvgIpc) is 2.45. The Hall–Kier alpha value is -0.930. The van der Waals surface area contributed by atoms with Crippen molar-refractivity contribution in [1.29, 1.82) is 0 Å². The molecule has 1 aromatic carbocycles. The van der Waals surface area contributed by atoms with Crippen LogP contribution in [0.2, 0.25) is 0 Å². The van der Waals surface area contributed by atoms with Crippen LogP contribution in [0.1, 0.15) is 50.1 Å². The maximum atomic E-state index is 13.2. The fourth-order valence-corrected chi connectivity index (χ4v) is 2.95. The Labute approximate surface area is 115 Å². The monoisotopic (exact) mass is 264 g/mol. The highest BCUT2D eigenvalue weighted by Crippen LogP contribution is 2.23. The van der Waals surface area contributed by atoms with Crippen molar-refractivity contribution >= 4 is 0 Å². The number of rotatable bonds is 5. The lowest BCUT2D eigenvalue weighted by Crippen LogP contribution is -2.35. The fraction of sp³-hybridized carbons (Fsp3) is 0.625. The Kier molecular flexibility index (Phi) is 5.34. The van der Waals surface area contributed by atoms with Crippen LogP contribution in [0, 0.1) is 5.82 Å². The molecular formula is C16H25FN2. The van der Waals surface area contributed by atoms with E-state index in [9.17, 15) is 4.39 Å². The minimum atomic E-state index is -0.200. The van der Waals surface area contributed by atoms with Crippen molar-refractivity contribution in [1.82, 2.24) is 4.90 Å². The molecule has 1 aliphatic rings. The van der Waals surface area contributed by atoms with Gasteiger partial charge >= 0.3 is 0 Å². The van der Waals surface area contributed by atoms with E-state index in [0.717, 1.165) is 18.5 Å². The second kappa shape index (κ2) is 7.01. The van der Waals surface area contributed by atoms with Gasteiger partial charge in [0.1, 0.15) is 5.82 Å². The lowest BCUT2D eigenvalue weighted by molar-refractivity contribution is 0.186. The summed E-state index contributed by atoms with van der Waals surface area (Å²) in [6.07, 6.45) is 7.59. The summed E-state index contributed by atoms with van der Waals surface area (Å²) in [5.74, 6) is -0.200. The molecule has 2 nitrogen and oxygen atoms in total. The van der Waals surface area contributed by atoms with Crippen LogP contribution in [0.15, 0.2) is 24.3 Å². The molecule has 2 N–H and O–H groups in total. The molecule has 1 saturated carbocycles. The molecule has 0 heterocycles. The Bertz CT molecular complexity index is 388. The van der Waals surface area contributed by atoms with Gasteiger partial charge in [-0.15, -0.1) is 0 Å². The molecule has 0 aliphatic heterocycles. The first-order chi connectivity index (χ1) is 9.16. The van der Waals surface area contributed by atoms with Crippen LogP contribution in [-0.4, -0.2) is 24.5 Å². The van der Waals surface area contributed by atoms with Crippen molar-refractivity contribution in [2.75, 3.05) is 13.6 Å². The zero-order chi connectivity index (χ0) is 13.7. The molecule has 3 heteroatoms. The van der Waals surface area contributed by atoms with Gasteiger partial charge in [0, 0.05) is 12.1 Å². The first kappa shape index (κ1) is 14.5. The number of nitrogens with two attached hydrogens (primary N) is 1. The van der Waals surface area contributed by atoms with E-state index in [-0.39, 0.29) is 11.9 Å². The molecule has 0 bridgehead atoms. The lowest BCUT2D eigenvalue weighted by atomic mass is 9.94. The van der Waals surface area contributed by atoms with Crippen LogP contribution in [0.4, 0.5) is 4.39 Å². The third-order valence-corrected chi connectivity index (χ3v) is 4.27. The van der Waals surface area contributed by atoms with E-state index in [1.807, 2.05) is 6.07 Å². The van der Waals surface area contributed by atoms with Crippen molar-refractivity contribution in [2.24, 2.45) is 5.73 Å². The third-order valence-electron chi connectivity index (χ3n) is 4.27. The second-order valence-electron chi connectivity index (χ2n) is 5.72. The number of hydrogen-bond acceptors (Lipinski definition) is 2. The molecule has 19 heavy (non-hydrogen) atoms. The van der Waals surface area contributed by atoms with E-state index >= 15 is 0 Å². The fourth-order valence-electron chi connectivity index (χ4n) is 2.95. The molecule has 0 radical (unpaired) electrons. The van der Waals surface area contributed by atoms with Gasteiger partial charge < -0.3 is 10.6 Å². The Morgan fingerprint density at radius 1 is 1.32 bits per heavy atom. The first-order valence-electron chi connectivity index (χ1n) is 7.38. The van der Waals surface area contributed by atoms with Crippen molar-refractivity contribution in [3.8, 4) is 0 Å². The highest BCUT2D eigenvalue weighted by Gasteiger charge is 2.18. The number of halogens is 1. The van der Waals surface area contributed by atoms with Gasteiger partial charge in [0.2, 0.25) is 0 Å². The maximum Gasteiger partial charge on any atom is 0.123 e. The molecular weight excluding hydrogens is 239 g/mol. The Morgan fingerprint density at radius 2 is 2.05 bits per heavy atom. The van der Waals surface area contributed by atoms with Gasteiger partial charge in [0.25, 0.3) is 0 Å². The summed E-state index contributed by atoms with van der Waals surface area (Å²) in [5.41, 5.74) is 7.05. The minimum absolute atomic E-state index is 0.0678. The number of hydrogen-bond donors (Lipinski definition) is 1. The lowest BCUT2D eigenvalue weighted by Gasteiger charge is -2.31. The minimum Gasteiger partial charge on any atom is -0.324 e. The zero-order valence-corrected chi connectivity index (χ0v) is 11.8. The highest BCUT2D eigenvalue weighted by molar-refractivity contribution is 5.19. The molecule has 0 spiro atoms. The first-order valence-corrected chi connectivity index (χ1v) is 7.38. The molecule has 106 valence electrons. The van der Waals surface area contributed by atoms with Crippen molar-refractivity contribution < 1.29 is 4.39 Å². The normalized spacial score (nSPS) is 18.7. The molecule has 1 aliphatic carbocycles. The van der Waals surface area contributed by atoms with Crippen molar-refractivity contribution in [3.63, 3.8) is 0 Å². The van der Waals surface area contributed by atoms with Crippen LogP contribution < -0.4 is 5.73 Å². The van der Waals surface area contributed by atoms with Gasteiger partial charge in [-0.25, -0.2) is 4.39 Å². The van der Waals surface area contributed by atoms with Crippen molar-refractivity contribution in [3.05, 3.63) is 35.6 Å². The van der Waals surface area contributed by atoms with Crippen molar-refractivity contribution in [2.45, 2.75) is 50.6 Å². The van der Waals surface area contributed by atoms with E-state index in [0.29, 0.717) is 6.04 Å². The molecule has 0 saturated heterocycles. The molecule has 0 amide bonds. The SMILES string of the molecule is CN(CCC(N)c1cccc(F)c1)C1CCCCC1. The van der Waals surface area contributed by atoms with Gasteiger partial charge in [0.05, 0.1) is 0 Å². The van der Waals surface area contributed by atoms with Crippen LogP contribution in [-0.2, 0) is 0 Å². The van der Waals surface area contributed by atoms with Gasteiger partial charge in [0.15, 0.2) is 0 Å². The van der Waals surface area contributed by atoms with E-state index in [1.54, 1.807) is 12.1 Å². The summed E-state index contributed by atoms with van der Waals surface area (Å²) in [7, 11) is 2.19. The third kappa shape index (κ3) is 4.29. The van der Waals surface area contributed by atoms with Crippen LogP contribution in [0.5, 0.6) is 0 Å². The molecule has 0 aromatic heterocycles. The Morgan fingerprint density at radius 3 is 2.74 bits per heavy atom. The standard InChI is InChI=1S/C16H25FN2/c1-19(15-8-3-2-4-9-15)11-10-16(18)13-6-5-7-14(17)12-13/h5-7,12,15-16H,2-4,8-11,18H2,1H3. The summed E-state index contributed by atoms with van der Waals surface area (Å²) in [5, 5.41) is 0. The zero-order valence-electron chi connectivity index (χ0n) is 11.8. The number of nitrogens with zero attached hydrogens (tertiary/aromatic N) is 1. The maximum absolute atomic E-state index is 13.2. The van der Waals surface area contributed by atoms with Crippen LogP contribution >= 0.6 is 0 Å². The van der Waals surface area contributed by atoms with Gasteiger partial charge in [-0.1, -0.05) is 31.4 Å². The van der Waals surface area contributed by atoms with E-state index in [2.05, 4.69) is 11.9 Å². The average molecular weight is 264 g/mol. The molecule has 1 aromatic rings. The predicted molar refractivity (Wildman–Crippen MR) is 77.4 cm³/mol. The summed E-state index contributed by atoms with van der Waals surface area (Å²) in [6, 6.07) is 7.30. The summed E-state index contributed by atoms with van der Waals surface area (Å²) in [4.78, 5) is 2.43. The molecule has 1 fully saturated rings. The smallest absolute Gasteiger partial charge is 0.123 e. The van der Waals surface area contributed by atoms with Gasteiger partial charge in [-0.05, 0) is 50.6 Å². The summed E-state index contributed by atoms with van der Waals surface area (Å²) in [6.45, 7) is 0.988. The van der Waals surface area contributed by atoms with E-state index < -0.39 is 0 Å². The molecule has 2 rings (SSSR count). The van der Waals surface area contributed by atoms with Gasteiger partial charge in [-0.2, -0.15) is 0 Å². The largest absolute Gasteiger partial charge is 0.324 e. The second-order valence-corrected chi connectivity index (χ2v) is 5.72. The van der Waals surface area contributed by atoms with E-state index in [1.165, 1.54) is 38.2 Å². The predicted octanol–water partition coefficient (Wildman–Crippen LogP) is 3.48. The summed E-state index contributed by atoms with van der Waals surface area (Å²) < 4.78 is 13.2. The molecule has 1 atom stereocenters. The van der Waals surface area contributed by atoms with Crippen LogP contribution in [0.25, 0.3) is 0 Å². The van der Waals surface area contributed by atoms with Gasteiger partial charge in [-0.3, -0.25) is 0 Å². The summed E-state index contributed by atoms with van der Waals surface area (Å²) >= 11 is 0. The number of benzene rings is 1. The van der Waals surface area contributed by atoms with E-state index in [4.69, 9.17) is 5.73 Å².